The summed E-state index contributed by atoms with van der Waals surface area (Å²) in [5, 5.41) is 5.61. The van der Waals surface area contributed by atoms with Gasteiger partial charge in [-0.25, -0.2) is 4.79 Å². The zero-order chi connectivity index (χ0) is 15.3. The van der Waals surface area contributed by atoms with Crippen molar-refractivity contribution in [3.05, 3.63) is 54.6 Å². The number of rotatable bonds is 3. The number of thioether (sulfide) groups is 1. The molecule has 2 rings (SSSR count). The van der Waals surface area contributed by atoms with Gasteiger partial charge in [0, 0.05) is 21.0 Å². The molecular formula is C17H20N2OS. The van der Waals surface area contributed by atoms with Gasteiger partial charge in [0.15, 0.2) is 0 Å². The quantitative estimate of drug-likeness (QED) is 0.763. The molecule has 2 amide bonds. The Morgan fingerprint density at radius 2 is 1.38 bits per heavy atom. The van der Waals surface area contributed by atoms with E-state index in [-0.39, 0.29) is 10.8 Å². The van der Waals surface area contributed by atoms with Crippen molar-refractivity contribution in [1.29, 1.82) is 0 Å². The van der Waals surface area contributed by atoms with Crippen LogP contribution in [0.1, 0.15) is 20.8 Å². The molecule has 4 heteroatoms. The lowest BCUT2D eigenvalue weighted by Crippen LogP contribution is -2.19. The number of hydrogen-bond donors (Lipinski definition) is 2. The molecule has 0 atom stereocenters. The maximum absolute atomic E-state index is 11.9. The number of hydrogen-bond acceptors (Lipinski definition) is 2. The summed E-state index contributed by atoms with van der Waals surface area (Å²) in [7, 11) is 0. The lowest BCUT2D eigenvalue weighted by atomic mass is 10.3. The second-order valence-corrected chi connectivity index (χ2v) is 7.58. The number of anilines is 2. The van der Waals surface area contributed by atoms with Gasteiger partial charge < -0.3 is 10.6 Å². The van der Waals surface area contributed by atoms with Crippen LogP contribution in [0.4, 0.5) is 16.2 Å². The average molecular weight is 300 g/mol. The van der Waals surface area contributed by atoms with Crippen LogP contribution >= 0.6 is 11.8 Å². The molecule has 0 aliphatic carbocycles. The number of urea groups is 1. The number of amides is 2. The van der Waals surface area contributed by atoms with Crippen molar-refractivity contribution in [2.75, 3.05) is 10.6 Å². The smallest absolute Gasteiger partial charge is 0.308 e. The largest absolute Gasteiger partial charge is 0.323 e. The van der Waals surface area contributed by atoms with Crippen LogP contribution in [0, 0.1) is 0 Å². The van der Waals surface area contributed by atoms with Gasteiger partial charge in [0.25, 0.3) is 0 Å². The lowest BCUT2D eigenvalue weighted by Gasteiger charge is -2.17. The van der Waals surface area contributed by atoms with Crippen LogP contribution in [0.3, 0.4) is 0 Å². The summed E-state index contributed by atoms with van der Waals surface area (Å²) in [5.41, 5.74) is 1.55. The summed E-state index contributed by atoms with van der Waals surface area (Å²) in [6.07, 6.45) is 0. The standard InChI is InChI=1S/C17H20N2OS/c1-17(2,3)21-15-11-9-14(10-12-15)19-16(20)18-13-7-5-4-6-8-13/h4-12H,1-3H3,(H2,18,19,20). The number of para-hydroxylation sites is 1. The molecule has 2 N–H and O–H groups in total. The van der Waals surface area contributed by atoms with E-state index in [0.717, 1.165) is 11.4 Å². The van der Waals surface area contributed by atoms with Crippen LogP contribution in [0.5, 0.6) is 0 Å². The van der Waals surface area contributed by atoms with Gasteiger partial charge in [-0.2, -0.15) is 0 Å². The Bertz CT molecular complexity index is 588. The van der Waals surface area contributed by atoms with E-state index in [1.54, 1.807) is 11.8 Å². The normalized spacial score (nSPS) is 11.0. The highest BCUT2D eigenvalue weighted by Crippen LogP contribution is 2.32. The lowest BCUT2D eigenvalue weighted by molar-refractivity contribution is 0.262. The second-order valence-electron chi connectivity index (χ2n) is 5.68. The first-order chi connectivity index (χ1) is 9.92. The third-order valence-electron chi connectivity index (χ3n) is 2.57. The highest BCUT2D eigenvalue weighted by molar-refractivity contribution is 8.00. The van der Waals surface area contributed by atoms with Crippen LogP contribution in [-0.2, 0) is 0 Å². The van der Waals surface area contributed by atoms with E-state index in [4.69, 9.17) is 0 Å². The first kappa shape index (κ1) is 15.4. The molecule has 0 unspecified atom stereocenters. The van der Waals surface area contributed by atoms with Gasteiger partial charge in [-0.15, -0.1) is 11.8 Å². The van der Waals surface area contributed by atoms with Crippen molar-refractivity contribution < 1.29 is 4.79 Å². The molecule has 0 saturated carbocycles. The first-order valence-corrected chi connectivity index (χ1v) is 7.66. The van der Waals surface area contributed by atoms with E-state index in [1.807, 2.05) is 54.6 Å². The minimum absolute atomic E-state index is 0.180. The van der Waals surface area contributed by atoms with Gasteiger partial charge in [0.2, 0.25) is 0 Å². The zero-order valence-corrected chi connectivity index (χ0v) is 13.3. The number of carbonyl (C=O) groups is 1. The minimum Gasteiger partial charge on any atom is -0.308 e. The molecule has 0 fully saturated rings. The first-order valence-electron chi connectivity index (χ1n) is 6.84. The van der Waals surface area contributed by atoms with Crippen LogP contribution in [-0.4, -0.2) is 10.8 Å². The number of benzene rings is 2. The van der Waals surface area contributed by atoms with Crippen molar-refractivity contribution in [3.8, 4) is 0 Å². The van der Waals surface area contributed by atoms with E-state index >= 15 is 0 Å². The Kier molecular flexibility index (Phi) is 4.91. The molecule has 0 aliphatic heterocycles. The van der Waals surface area contributed by atoms with Crippen LogP contribution in [0.25, 0.3) is 0 Å². The molecule has 2 aromatic carbocycles. The summed E-state index contributed by atoms with van der Waals surface area (Å²) >= 11 is 1.80. The third kappa shape index (κ3) is 5.52. The molecule has 0 bridgehead atoms. The maximum atomic E-state index is 11.9. The molecule has 0 aromatic heterocycles. The van der Waals surface area contributed by atoms with Crippen LogP contribution in [0.15, 0.2) is 59.5 Å². The Labute approximate surface area is 130 Å². The van der Waals surface area contributed by atoms with Crippen molar-refractivity contribution in [3.63, 3.8) is 0 Å². The molecule has 3 nitrogen and oxygen atoms in total. The summed E-state index contributed by atoms with van der Waals surface area (Å²) in [6.45, 7) is 6.53. The summed E-state index contributed by atoms with van der Waals surface area (Å²) in [6, 6.07) is 17.0. The second kappa shape index (κ2) is 6.68. The van der Waals surface area contributed by atoms with Gasteiger partial charge >= 0.3 is 6.03 Å². The van der Waals surface area contributed by atoms with Gasteiger partial charge in [-0.3, -0.25) is 0 Å². The molecule has 110 valence electrons. The molecule has 0 spiro atoms. The highest BCUT2D eigenvalue weighted by atomic mass is 32.2. The number of nitrogens with one attached hydrogen (secondary N) is 2. The van der Waals surface area contributed by atoms with E-state index in [9.17, 15) is 4.79 Å². The Morgan fingerprint density at radius 1 is 0.857 bits per heavy atom. The summed E-state index contributed by atoms with van der Waals surface area (Å²) in [5.74, 6) is 0. The fourth-order valence-corrected chi connectivity index (χ4v) is 2.75. The van der Waals surface area contributed by atoms with Crippen molar-refractivity contribution >= 4 is 29.2 Å². The van der Waals surface area contributed by atoms with Gasteiger partial charge in [-0.1, -0.05) is 39.0 Å². The Morgan fingerprint density at radius 3 is 1.90 bits per heavy atom. The molecular weight excluding hydrogens is 280 g/mol. The van der Waals surface area contributed by atoms with E-state index in [1.165, 1.54) is 4.90 Å². The Hall–Kier alpha value is -1.94. The fourth-order valence-electron chi connectivity index (χ4n) is 1.77. The predicted molar refractivity (Wildman–Crippen MR) is 91.1 cm³/mol. The monoisotopic (exact) mass is 300 g/mol. The van der Waals surface area contributed by atoms with Crippen molar-refractivity contribution in [2.24, 2.45) is 0 Å². The molecule has 0 aliphatic rings. The van der Waals surface area contributed by atoms with E-state index in [0.29, 0.717) is 0 Å². The molecule has 0 radical (unpaired) electrons. The third-order valence-corrected chi connectivity index (χ3v) is 3.69. The van der Waals surface area contributed by atoms with E-state index in [2.05, 4.69) is 31.4 Å². The SMILES string of the molecule is CC(C)(C)Sc1ccc(NC(=O)Nc2ccccc2)cc1. The zero-order valence-electron chi connectivity index (χ0n) is 12.5. The topological polar surface area (TPSA) is 41.1 Å². The molecule has 0 heterocycles. The summed E-state index contributed by atoms with van der Waals surface area (Å²) in [4.78, 5) is 13.1. The molecule has 21 heavy (non-hydrogen) atoms. The number of carbonyl (C=O) groups excluding carboxylic acids is 1. The van der Waals surface area contributed by atoms with Crippen LogP contribution < -0.4 is 10.6 Å². The van der Waals surface area contributed by atoms with Crippen molar-refractivity contribution in [2.45, 2.75) is 30.4 Å². The minimum atomic E-state index is -0.238. The highest BCUT2D eigenvalue weighted by Gasteiger charge is 2.11. The molecule has 2 aromatic rings. The van der Waals surface area contributed by atoms with Gasteiger partial charge in [0.1, 0.15) is 0 Å². The predicted octanol–water partition coefficient (Wildman–Crippen LogP) is 5.22. The maximum Gasteiger partial charge on any atom is 0.323 e. The van der Waals surface area contributed by atoms with Crippen molar-refractivity contribution in [1.82, 2.24) is 0 Å². The molecule has 0 saturated heterocycles. The van der Waals surface area contributed by atoms with Gasteiger partial charge in [-0.05, 0) is 36.4 Å². The summed E-state index contributed by atoms with van der Waals surface area (Å²) < 4.78 is 0.180. The fraction of sp³-hybridized carbons (Fsp3) is 0.235. The Balaban J connectivity index is 1.92. The average Bonchev–Trinajstić information content (AvgIpc) is 2.40. The van der Waals surface area contributed by atoms with E-state index < -0.39 is 0 Å². The van der Waals surface area contributed by atoms with Crippen LogP contribution in [0.2, 0.25) is 0 Å². The van der Waals surface area contributed by atoms with Gasteiger partial charge in [0.05, 0.1) is 0 Å².